The van der Waals surface area contributed by atoms with E-state index in [0.29, 0.717) is 10.1 Å². The van der Waals surface area contributed by atoms with Crippen LogP contribution in [0.1, 0.15) is 41.5 Å². The largest absolute Gasteiger partial charge is 0.0688 e. The summed E-state index contributed by atoms with van der Waals surface area (Å²) in [5.41, 5.74) is 0. The Labute approximate surface area is 109 Å². The van der Waals surface area contributed by atoms with Gasteiger partial charge in [-0.2, -0.15) is 0 Å². The van der Waals surface area contributed by atoms with E-state index < -0.39 is 15.2 Å². The van der Waals surface area contributed by atoms with Gasteiger partial charge >= 0.3 is 0 Å². The molecule has 0 nitrogen and oxygen atoms in total. The van der Waals surface area contributed by atoms with Crippen LogP contribution < -0.4 is 0 Å². The third-order valence-corrected chi connectivity index (χ3v) is 37.7. The molecule has 0 aliphatic rings. The predicted octanol–water partition coefficient (Wildman–Crippen LogP) is 4.32. The van der Waals surface area contributed by atoms with Crippen LogP contribution in [0.25, 0.3) is 0 Å². The minimum atomic E-state index is -1.02. The van der Waals surface area contributed by atoms with Gasteiger partial charge in [-0.05, 0) is 26.3 Å². The Kier molecular flexibility index (Phi) is 5.12. The molecule has 0 saturated carbocycles. The summed E-state index contributed by atoms with van der Waals surface area (Å²) in [5, 5.41) is 1.14. The van der Waals surface area contributed by atoms with Crippen LogP contribution in [0.2, 0.25) is 36.3 Å². The van der Waals surface area contributed by atoms with Crippen molar-refractivity contribution < 1.29 is 0 Å². The fourth-order valence-corrected chi connectivity index (χ4v) is 35.4. The molecule has 0 atom stereocenters. The highest BCUT2D eigenvalue weighted by atomic mass is 29.6. The topological polar surface area (TPSA) is 0 Å². The Morgan fingerprint density at radius 3 is 0.875 bits per heavy atom. The molecule has 0 amide bonds. The van der Waals surface area contributed by atoms with Crippen molar-refractivity contribution in [3.05, 3.63) is 0 Å². The number of rotatable bonds is 2. The van der Waals surface area contributed by atoms with Crippen molar-refractivity contribution in [2.75, 3.05) is 0 Å². The maximum absolute atomic E-state index is 2.59. The first-order valence-corrected chi connectivity index (χ1v) is 17.2. The van der Waals surface area contributed by atoms with Gasteiger partial charge < -0.3 is 0 Å². The van der Waals surface area contributed by atoms with Crippen molar-refractivity contribution >= 4 is 31.4 Å². The van der Waals surface area contributed by atoms with E-state index in [4.69, 9.17) is 0 Å². The molecular formula is C12H30Si4. The summed E-state index contributed by atoms with van der Waals surface area (Å²) in [6.07, 6.45) is 0. The van der Waals surface area contributed by atoms with Crippen molar-refractivity contribution in [3.63, 3.8) is 0 Å². The lowest BCUT2D eigenvalue weighted by atomic mass is 10.2. The molecular weight excluding hydrogens is 256 g/mol. The van der Waals surface area contributed by atoms with Gasteiger partial charge in [0.25, 0.3) is 0 Å². The molecule has 0 spiro atoms. The summed E-state index contributed by atoms with van der Waals surface area (Å²) >= 11 is 0. The summed E-state index contributed by atoms with van der Waals surface area (Å²) in [7, 11) is 0.490. The molecule has 0 rings (SSSR count). The SMILES string of the molecule is CC(C)(C)[Si](C)(C)[Si]=[Si][Si](C)(C)C(C)(C)C. The molecule has 4 heteroatoms. The molecule has 94 valence electrons. The summed E-state index contributed by atoms with van der Waals surface area (Å²) in [6.45, 7) is 25.0. The van der Waals surface area contributed by atoms with E-state index in [9.17, 15) is 0 Å². The monoisotopic (exact) mass is 286 g/mol. The van der Waals surface area contributed by atoms with Gasteiger partial charge in [-0.15, -0.1) is 0 Å². The average molecular weight is 287 g/mol. The van der Waals surface area contributed by atoms with Gasteiger partial charge in [0.2, 0.25) is 0 Å². The lowest BCUT2D eigenvalue weighted by Gasteiger charge is -2.38. The van der Waals surface area contributed by atoms with Gasteiger partial charge in [0.15, 0.2) is 0 Å². The minimum Gasteiger partial charge on any atom is -0.0688 e. The van der Waals surface area contributed by atoms with Crippen LogP contribution in [0.4, 0.5) is 0 Å². The summed E-state index contributed by atoms with van der Waals surface area (Å²) in [4.78, 5) is 0. The summed E-state index contributed by atoms with van der Waals surface area (Å²) in [5.74, 6) is 0. The van der Waals surface area contributed by atoms with Crippen LogP contribution in [0.15, 0.2) is 0 Å². The maximum atomic E-state index is 2.59. The minimum absolute atomic E-state index is 0.570. The second kappa shape index (κ2) is 4.86. The zero-order chi connectivity index (χ0) is 13.4. The molecule has 0 aromatic carbocycles. The second-order valence-electron chi connectivity index (χ2n) is 8.00. The molecule has 0 aliphatic carbocycles. The van der Waals surface area contributed by atoms with Gasteiger partial charge in [0, 0.05) is 0 Å². The Morgan fingerprint density at radius 2 is 0.750 bits per heavy atom. The first-order chi connectivity index (χ1) is 6.71. The van der Waals surface area contributed by atoms with Crippen molar-refractivity contribution in [2.45, 2.75) is 77.8 Å². The first kappa shape index (κ1) is 16.9. The molecule has 16 heavy (non-hydrogen) atoms. The Hall–Kier alpha value is 0.868. The summed E-state index contributed by atoms with van der Waals surface area (Å²) < 4.78 is 0. The molecule has 0 aromatic rings. The molecule has 0 saturated heterocycles. The molecule has 0 bridgehead atoms. The van der Waals surface area contributed by atoms with E-state index in [0.717, 1.165) is 0 Å². The zero-order valence-electron chi connectivity index (χ0n) is 13.0. The highest BCUT2D eigenvalue weighted by molar-refractivity contribution is 7.44. The molecule has 0 aromatic heterocycles. The fraction of sp³-hybridized carbons (Fsp3) is 1.00. The highest BCUT2D eigenvalue weighted by Gasteiger charge is 2.36. The lowest BCUT2D eigenvalue weighted by Crippen LogP contribution is -2.48. The van der Waals surface area contributed by atoms with Crippen molar-refractivity contribution in [1.82, 2.24) is 0 Å². The third kappa shape index (κ3) is 4.27. The second-order valence-corrected chi connectivity index (χ2v) is 31.5. The van der Waals surface area contributed by atoms with Crippen molar-refractivity contribution in [3.8, 4) is 0 Å². The van der Waals surface area contributed by atoms with Crippen molar-refractivity contribution in [1.29, 1.82) is 0 Å². The van der Waals surface area contributed by atoms with Crippen molar-refractivity contribution in [2.24, 2.45) is 0 Å². The normalized spacial score (nSPS) is 15.9. The molecule has 0 unspecified atom stereocenters. The van der Waals surface area contributed by atoms with Gasteiger partial charge in [-0.25, -0.2) is 0 Å². The van der Waals surface area contributed by atoms with Gasteiger partial charge in [-0.3, -0.25) is 0 Å². The van der Waals surface area contributed by atoms with Gasteiger partial charge in [-0.1, -0.05) is 67.7 Å². The number of hydrogen-bond donors (Lipinski definition) is 0. The zero-order valence-corrected chi connectivity index (χ0v) is 17.0. The Bertz CT molecular complexity index is 236. The van der Waals surface area contributed by atoms with Crippen LogP contribution in [0, 0.1) is 0 Å². The molecule has 0 heterocycles. The van der Waals surface area contributed by atoms with E-state index in [-0.39, 0.29) is 0 Å². The smallest absolute Gasteiger partial charge is 0.0584 e. The maximum Gasteiger partial charge on any atom is 0.0584 e. The molecule has 0 N–H and O–H groups in total. The van der Waals surface area contributed by atoms with E-state index >= 15 is 0 Å². The number of hydrogen-bond acceptors (Lipinski definition) is 0. The van der Waals surface area contributed by atoms with E-state index in [1.54, 1.807) is 0 Å². The van der Waals surface area contributed by atoms with Crippen LogP contribution in [0.5, 0.6) is 0 Å². The standard InChI is InChI=1S/C12H30Si4/c1-11(2,3)15(7,8)13-14-16(9,10)12(4,5)6/h1-10H3. The van der Waals surface area contributed by atoms with Gasteiger partial charge in [0.1, 0.15) is 0 Å². The highest BCUT2D eigenvalue weighted by Crippen LogP contribution is 2.36. The lowest BCUT2D eigenvalue weighted by molar-refractivity contribution is 0.734. The predicted molar refractivity (Wildman–Crippen MR) is 85.9 cm³/mol. The average Bonchev–Trinajstić information content (AvgIpc) is 1.97. The Balaban J connectivity index is 5.01. The fourth-order valence-electron chi connectivity index (χ4n) is 0.688. The van der Waals surface area contributed by atoms with E-state index in [1.165, 1.54) is 16.3 Å². The quantitative estimate of drug-likeness (QED) is 0.663. The Morgan fingerprint density at radius 1 is 0.562 bits per heavy atom. The van der Waals surface area contributed by atoms with Crippen LogP contribution in [-0.4, -0.2) is 31.4 Å². The van der Waals surface area contributed by atoms with Crippen LogP contribution in [-0.2, 0) is 0 Å². The summed E-state index contributed by atoms with van der Waals surface area (Å²) in [6, 6.07) is 0. The van der Waals surface area contributed by atoms with Crippen LogP contribution in [0.3, 0.4) is 0 Å². The van der Waals surface area contributed by atoms with E-state index in [2.05, 4.69) is 67.7 Å². The molecule has 0 fully saturated rings. The van der Waals surface area contributed by atoms with Crippen LogP contribution >= 0.6 is 0 Å². The van der Waals surface area contributed by atoms with E-state index in [1.807, 2.05) is 0 Å². The molecule has 0 aliphatic heterocycles. The first-order valence-electron chi connectivity index (χ1n) is 6.25. The third-order valence-electron chi connectivity index (χ3n) is 4.44. The van der Waals surface area contributed by atoms with Gasteiger partial charge in [0.05, 0.1) is 15.2 Å². The molecule has 2 radical (unpaired) electrons.